The molecule has 2 N–H and O–H groups in total. The highest BCUT2D eigenvalue weighted by atomic mass is 35.5. The summed E-state index contributed by atoms with van der Waals surface area (Å²) in [6.45, 7) is 3.05. The Morgan fingerprint density at radius 1 is 1.56 bits per heavy atom. The van der Waals surface area contributed by atoms with Gasteiger partial charge in [0, 0.05) is 19.1 Å². The fourth-order valence-electron chi connectivity index (χ4n) is 2.68. The van der Waals surface area contributed by atoms with Crippen molar-refractivity contribution in [1.29, 1.82) is 0 Å². The number of amides is 1. The van der Waals surface area contributed by atoms with Gasteiger partial charge in [-0.2, -0.15) is 0 Å². The summed E-state index contributed by atoms with van der Waals surface area (Å²) in [4.78, 5) is 31.8. The van der Waals surface area contributed by atoms with E-state index in [1.54, 1.807) is 0 Å². The second kappa shape index (κ2) is 4.37. The maximum atomic E-state index is 11.9. The average molecular weight is 269 g/mol. The van der Waals surface area contributed by atoms with Gasteiger partial charge in [-0.15, -0.1) is 0 Å². The Morgan fingerprint density at radius 2 is 2.39 bits per heavy atom. The van der Waals surface area contributed by atoms with Crippen LogP contribution in [0.3, 0.4) is 0 Å². The maximum absolute atomic E-state index is 11.9. The fraction of sp³-hybridized carbons (Fsp3) is 0.545. The Bertz CT molecular complexity index is 544. The molecule has 0 saturated carbocycles. The van der Waals surface area contributed by atoms with Crippen LogP contribution in [0.25, 0.3) is 0 Å². The molecule has 1 aromatic heterocycles. The van der Waals surface area contributed by atoms with Gasteiger partial charge in [0.05, 0.1) is 6.20 Å². The van der Waals surface area contributed by atoms with Gasteiger partial charge >= 0.3 is 0 Å². The van der Waals surface area contributed by atoms with Crippen LogP contribution < -0.4 is 10.9 Å². The summed E-state index contributed by atoms with van der Waals surface area (Å²) in [5, 5.41) is 2.90. The average Bonchev–Trinajstić information content (AvgIpc) is 2.94. The van der Waals surface area contributed by atoms with E-state index in [0.717, 1.165) is 26.1 Å². The van der Waals surface area contributed by atoms with Crippen LogP contribution in [0.15, 0.2) is 11.0 Å². The van der Waals surface area contributed by atoms with E-state index in [4.69, 9.17) is 11.6 Å². The number of halogens is 1. The predicted molar refractivity (Wildman–Crippen MR) is 65.7 cm³/mol. The highest BCUT2D eigenvalue weighted by molar-refractivity contribution is 6.30. The van der Waals surface area contributed by atoms with Crippen LogP contribution in [0.5, 0.6) is 0 Å². The number of nitrogens with one attached hydrogen (secondary N) is 2. The molecule has 2 fully saturated rings. The lowest BCUT2D eigenvalue weighted by Crippen LogP contribution is -2.44. The van der Waals surface area contributed by atoms with E-state index in [2.05, 4.69) is 20.2 Å². The Morgan fingerprint density at radius 3 is 3.00 bits per heavy atom. The van der Waals surface area contributed by atoms with Gasteiger partial charge in [0.15, 0.2) is 5.82 Å². The molecule has 0 spiro atoms. The van der Waals surface area contributed by atoms with E-state index < -0.39 is 5.56 Å². The number of nitrogens with zero attached hydrogens (tertiary/aromatic N) is 2. The molecule has 7 heteroatoms. The number of aromatic nitrogens is 2. The van der Waals surface area contributed by atoms with Crippen molar-refractivity contribution in [3.05, 3.63) is 27.4 Å². The maximum Gasteiger partial charge on any atom is 0.287 e. The van der Waals surface area contributed by atoms with Gasteiger partial charge in [0.25, 0.3) is 11.5 Å². The summed E-state index contributed by atoms with van der Waals surface area (Å²) in [7, 11) is 0. The van der Waals surface area contributed by atoms with Crippen molar-refractivity contribution in [2.45, 2.75) is 12.5 Å². The first-order valence-corrected chi connectivity index (χ1v) is 6.29. The number of rotatable bonds is 2. The van der Waals surface area contributed by atoms with Crippen LogP contribution in [0.1, 0.15) is 17.0 Å². The van der Waals surface area contributed by atoms with Crippen molar-refractivity contribution in [2.75, 3.05) is 19.6 Å². The molecule has 3 heterocycles. The zero-order valence-electron chi connectivity index (χ0n) is 9.65. The van der Waals surface area contributed by atoms with Crippen LogP contribution in [-0.2, 0) is 0 Å². The van der Waals surface area contributed by atoms with Gasteiger partial charge in [-0.25, -0.2) is 4.98 Å². The summed E-state index contributed by atoms with van der Waals surface area (Å²) in [6, 6.07) is 0.159. The second-order valence-electron chi connectivity index (χ2n) is 4.80. The monoisotopic (exact) mass is 268 g/mol. The van der Waals surface area contributed by atoms with Gasteiger partial charge in [-0.3, -0.25) is 9.59 Å². The Hall–Kier alpha value is -1.40. The summed E-state index contributed by atoms with van der Waals surface area (Å²) in [5.41, 5.74) is -0.492. The van der Waals surface area contributed by atoms with Crippen LogP contribution in [0.4, 0.5) is 0 Å². The molecular weight excluding hydrogens is 256 g/mol. The van der Waals surface area contributed by atoms with Crippen molar-refractivity contribution in [1.82, 2.24) is 20.2 Å². The normalized spacial score (nSPS) is 29.5. The van der Waals surface area contributed by atoms with E-state index in [-0.39, 0.29) is 22.8 Å². The Kier molecular flexibility index (Phi) is 2.83. The molecule has 6 nitrogen and oxygen atoms in total. The number of hydrogen-bond acceptors (Lipinski definition) is 4. The molecule has 18 heavy (non-hydrogen) atoms. The lowest BCUT2D eigenvalue weighted by molar-refractivity contribution is 0.0913. The first-order chi connectivity index (χ1) is 8.63. The molecule has 3 unspecified atom stereocenters. The number of aromatic amines is 1. The lowest BCUT2D eigenvalue weighted by atomic mass is 10.00. The molecule has 0 aliphatic carbocycles. The third-order valence-electron chi connectivity index (χ3n) is 3.62. The SMILES string of the molecule is O=C(NC1CN2CCC1C2)c1ncc(Cl)c(=O)[nH]1. The number of carbonyl (C=O) groups is 1. The molecule has 1 amide bonds. The molecule has 0 radical (unpaired) electrons. The summed E-state index contributed by atoms with van der Waals surface area (Å²) >= 11 is 5.56. The summed E-state index contributed by atoms with van der Waals surface area (Å²) in [6.07, 6.45) is 2.31. The third kappa shape index (κ3) is 2.02. The Labute approximate surface area is 108 Å². The van der Waals surface area contributed by atoms with Crippen LogP contribution in [0, 0.1) is 5.92 Å². The highest BCUT2D eigenvalue weighted by Gasteiger charge is 2.38. The van der Waals surface area contributed by atoms with Crippen LogP contribution >= 0.6 is 11.6 Å². The second-order valence-corrected chi connectivity index (χ2v) is 5.20. The first-order valence-electron chi connectivity index (χ1n) is 5.91. The van der Waals surface area contributed by atoms with Crippen molar-refractivity contribution < 1.29 is 4.79 Å². The number of hydrogen-bond donors (Lipinski definition) is 2. The van der Waals surface area contributed by atoms with Gasteiger partial charge in [-0.1, -0.05) is 11.6 Å². The first kappa shape index (κ1) is 11.7. The number of H-pyrrole nitrogens is 1. The minimum atomic E-state index is -0.492. The van der Waals surface area contributed by atoms with Gasteiger partial charge in [0.2, 0.25) is 0 Å². The predicted octanol–water partition coefficient (Wildman–Crippen LogP) is -0.143. The van der Waals surface area contributed by atoms with Crippen molar-refractivity contribution >= 4 is 17.5 Å². The summed E-state index contributed by atoms with van der Waals surface area (Å²) < 4.78 is 0. The van der Waals surface area contributed by atoms with Crippen molar-refractivity contribution in [3.8, 4) is 0 Å². The molecule has 2 aliphatic heterocycles. The molecule has 0 aromatic carbocycles. The fourth-order valence-corrected chi connectivity index (χ4v) is 2.78. The zero-order chi connectivity index (χ0) is 12.7. The number of piperidine rings is 1. The molecule has 2 aliphatic rings. The minimum absolute atomic E-state index is 0.0159. The molecule has 3 rings (SSSR count). The molecule has 3 atom stereocenters. The van der Waals surface area contributed by atoms with Gasteiger partial charge < -0.3 is 15.2 Å². The van der Waals surface area contributed by atoms with Gasteiger partial charge in [-0.05, 0) is 18.9 Å². The standard InChI is InChI=1S/C11H13ClN4O2/c12-7-3-13-9(15-10(7)17)11(18)14-8-5-16-2-1-6(8)4-16/h3,6,8H,1-2,4-5H2,(H,14,18)(H,13,15,17). The summed E-state index contributed by atoms with van der Waals surface area (Å²) in [5.74, 6) is 0.192. The highest BCUT2D eigenvalue weighted by Crippen LogP contribution is 2.27. The van der Waals surface area contributed by atoms with Gasteiger partial charge in [0.1, 0.15) is 5.02 Å². The lowest BCUT2D eigenvalue weighted by Gasteiger charge is -2.22. The van der Waals surface area contributed by atoms with Crippen molar-refractivity contribution in [2.24, 2.45) is 5.92 Å². The minimum Gasteiger partial charge on any atom is -0.345 e. The largest absolute Gasteiger partial charge is 0.345 e. The zero-order valence-corrected chi connectivity index (χ0v) is 10.4. The molecule has 1 aromatic rings. The van der Waals surface area contributed by atoms with Crippen molar-refractivity contribution in [3.63, 3.8) is 0 Å². The van der Waals surface area contributed by atoms with E-state index in [0.29, 0.717) is 5.92 Å². The number of fused-ring (bicyclic) bond motifs is 2. The smallest absolute Gasteiger partial charge is 0.287 e. The van der Waals surface area contributed by atoms with E-state index in [1.165, 1.54) is 6.20 Å². The topological polar surface area (TPSA) is 78.1 Å². The van der Waals surface area contributed by atoms with E-state index in [1.807, 2.05) is 0 Å². The molecule has 2 saturated heterocycles. The molecule has 96 valence electrons. The molecule has 2 bridgehead atoms. The third-order valence-corrected chi connectivity index (χ3v) is 3.89. The van der Waals surface area contributed by atoms with E-state index >= 15 is 0 Å². The van der Waals surface area contributed by atoms with E-state index in [9.17, 15) is 9.59 Å². The molecular formula is C11H13ClN4O2. The van der Waals surface area contributed by atoms with Crippen LogP contribution in [0.2, 0.25) is 5.02 Å². The van der Waals surface area contributed by atoms with Crippen LogP contribution in [-0.4, -0.2) is 46.5 Å². The quantitative estimate of drug-likeness (QED) is 0.782. The number of carbonyl (C=O) groups excluding carboxylic acids is 1. The Balaban J connectivity index is 1.71.